The van der Waals surface area contributed by atoms with E-state index >= 15 is 0 Å². The van der Waals surface area contributed by atoms with Crippen LogP contribution in [0.5, 0.6) is 0 Å². The SMILES string of the molecule is COCc1cc(COC2CCC(C(=O)OC)CC2)no1. The molecule has 0 spiro atoms. The van der Waals surface area contributed by atoms with Crippen molar-refractivity contribution >= 4 is 5.97 Å². The standard InChI is InChI=1S/C14H21NO5/c1-17-9-13-7-11(15-20-13)8-19-12-5-3-10(4-6-12)14(16)18-2/h7,10,12H,3-6,8-9H2,1-2H3. The predicted octanol–water partition coefficient (Wildman–Crippen LogP) is 2.07. The number of methoxy groups -OCH3 is 2. The van der Waals surface area contributed by atoms with Gasteiger partial charge in [-0.15, -0.1) is 0 Å². The number of hydrogen-bond donors (Lipinski definition) is 0. The molecule has 6 heteroatoms. The van der Waals surface area contributed by atoms with Crippen LogP contribution < -0.4 is 0 Å². The van der Waals surface area contributed by atoms with Crippen LogP contribution in [0.2, 0.25) is 0 Å². The summed E-state index contributed by atoms with van der Waals surface area (Å²) in [7, 11) is 3.05. The highest BCUT2D eigenvalue weighted by atomic mass is 16.5. The first-order valence-corrected chi connectivity index (χ1v) is 6.85. The van der Waals surface area contributed by atoms with Crippen molar-refractivity contribution in [1.29, 1.82) is 0 Å². The summed E-state index contributed by atoms with van der Waals surface area (Å²) in [5.74, 6) is 0.616. The van der Waals surface area contributed by atoms with E-state index in [2.05, 4.69) is 5.16 Å². The zero-order valence-electron chi connectivity index (χ0n) is 12.0. The van der Waals surface area contributed by atoms with E-state index in [1.165, 1.54) is 7.11 Å². The Kier molecular flexibility index (Phi) is 5.55. The normalized spacial score (nSPS) is 22.7. The monoisotopic (exact) mass is 283 g/mol. The Labute approximate surface area is 118 Å². The maximum Gasteiger partial charge on any atom is 0.308 e. The van der Waals surface area contributed by atoms with E-state index in [1.54, 1.807) is 7.11 Å². The quantitative estimate of drug-likeness (QED) is 0.744. The lowest BCUT2D eigenvalue weighted by molar-refractivity contribution is -0.147. The van der Waals surface area contributed by atoms with Crippen molar-refractivity contribution in [2.24, 2.45) is 5.92 Å². The molecule has 1 aromatic heterocycles. The lowest BCUT2D eigenvalue weighted by atomic mass is 9.87. The van der Waals surface area contributed by atoms with Crippen LogP contribution in [-0.2, 0) is 32.2 Å². The number of hydrogen-bond acceptors (Lipinski definition) is 6. The molecule has 6 nitrogen and oxygen atoms in total. The highest BCUT2D eigenvalue weighted by molar-refractivity contribution is 5.72. The number of rotatable bonds is 6. The van der Waals surface area contributed by atoms with E-state index in [1.807, 2.05) is 6.07 Å². The molecule has 1 aliphatic carbocycles. The van der Waals surface area contributed by atoms with E-state index in [0.717, 1.165) is 31.4 Å². The summed E-state index contributed by atoms with van der Waals surface area (Å²) >= 11 is 0. The summed E-state index contributed by atoms with van der Waals surface area (Å²) in [5.41, 5.74) is 0.771. The summed E-state index contributed by atoms with van der Waals surface area (Å²) in [6.07, 6.45) is 3.58. The minimum absolute atomic E-state index is 0.0280. The van der Waals surface area contributed by atoms with Crippen molar-refractivity contribution in [3.63, 3.8) is 0 Å². The summed E-state index contributed by atoms with van der Waals surface area (Å²) in [4.78, 5) is 11.4. The maximum atomic E-state index is 11.4. The summed E-state index contributed by atoms with van der Waals surface area (Å²) in [6.45, 7) is 0.845. The lowest BCUT2D eigenvalue weighted by Gasteiger charge is -2.26. The molecule has 1 aromatic rings. The van der Waals surface area contributed by atoms with E-state index < -0.39 is 0 Å². The van der Waals surface area contributed by atoms with Crippen molar-refractivity contribution in [2.45, 2.75) is 45.0 Å². The molecule has 0 unspecified atom stereocenters. The van der Waals surface area contributed by atoms with Gasteiger partial charge in [0, 0.05) is 13.2 Å². The molecule has 2 rings (SSSR count). The second kappa shape index (κ2) is 7.40. The molecule has 0 radical (unpaired) electrons. The van der Waals surface area contributed by atoms with Gasteiger partial charge in [0.25, 0.3) is 0 Å². The largest absolute Gasteiger partial charge is 0.469 e. The van der Waals surface area contributed by atoms with Gasteiger partial charge in [0.05, 0.1) is 25.7 Å². The molecule has 1 heterocycles. The first kappa shape index (κ1) is 15.0. The van der Waals surface area contributed by atoms with Crippen LogP contribution in [0.3, 0.4) is 0 Å². The van der Waals surface area contributed by atoms with Crippen LogP contribution >= 0.6 is 0 Å². The van der Waals surface area contributed by atoms with Gasteiger partial charge in [-0.2, -0.15) is 0 Å². The molecule has 1 aliphatic rings. The van der Waals surface area contributed by atoms with Crippen LogP contribution in [0.1, 0.15) is 37.1 Å². The third kappa shape index (κ3) is 4.05. The average molecular weight is 283 g/mol. The molecule has 0 saturated heterocycles. The van der Waals surface area contributed by atoms with Gasteiger partial charge in [0.15, 0.2) is 5.76 Å². The van der Waals surface area contributed by atoms with Gasteiger partial charge in [-0.25, -0.2) is 0 Å². The molecular formula is C14H21NO5. The second-order valence-corrected chi connectivity index (χ2v) is 5.03. The number of carbonyl (C=O) groups is 1. The Hall–Kier alpha value is -1.40. The van der Waals surface area contributed by atoms with E-state index in [9.17, 15) is 4.79 Å². The van der Waals surface area contributed by atoms with Gasteiger partial charge in [-0.3, -0.25) is 4.79 Å². The number of aromatic nitrogens is 1. The molecule has 0 atom stereocenters. The molecule has 1 fully saturated rings. The van der Waals surface area contributed by atoms with E-state index in [-0.39, 0.29) is 18.0 Å². The van der Waals surface area contributed by atoms with Crippen molar-refractivity contribution in [3.05, 3.63) is 17.5 Å². The molecule has 20 heavy (non-hydrogen) atoms. The highest BCUT2D eigenvalue weighted by Crippen LogP contribution is 2.27. The van der Waals surface area contributed by atoms with Gasteiger partial charge in [-0.1, -0.05) is 5.16 Å². The highest BCUT2D eigenvalue weighted by Gasteiger charge is 2.27. The number of nitrogens with zero attached hydrogens (tertiary/aromatic N) is 1. The van der Waals surface area contributed by atoms with Gasteiger partial charge in [0.1, 0.15) is 12.3 Å². The first-order chi connectivity index (χ1) is 9.72. The summed E-state index contributed by atoms with van der Waals surface area (Å²) in [6, 6.07) is 1.84. The van der Waals surface area contributed by atoms with Gasteiger partial charge < -0.3 is 18.7 Å². The van der Waals surface area contributed by atoms with Crippen LogP contribution in [0.4, 0.5) is 0 Å². The summed E-state index contributed by atoms with van der Waals surface area (Å²) in [5, 5.41) is 3.92. The molecule has 1 saturated carbocycles. The molecule has 0 amide bonds. The van der Waals surface area contributed by atoms with Crippen molar-refractivity contribution < 1.29 is 23.5 Å². The molecule has 0 aliphatic heterocycles. The van der Waals surface area contributed by atoms with Gasteiger partial charge in [0.2, 0.25) is 0 Å². The Morgan fingerprint density at radius 1 is 1.30 bits per heavy atom. The lowest BCUT2D eigenvalue weighted by Crippen LogP contribution is -2.26. The minimum Gasteiger partial charge on any atom is -0.469 e. The fourth-order valence-corrected chi connectivity index (χ4v) is 2.47. The number of esters is 1. The van der Waals surface area contributed by atoms with Crippen molar-refractivity contribution in [3.8, 4) is 0 Å². The Morgan fingerprint density at radius 2 is 2.05 bits per heavy atom. The van der Waals surface area contributed by atoms with Crippen molar-refractivity contribution in [2.75, 3.05) is 14.2 Å². The van der Waals surface area contributed by atoms with E-state index in [4.69, 9.17) is 18.7 Å². The Bertz CT molecular complexity index is 423. The number of ether oxygens (including phenoxy) is 3. The molecule has 112 valence electrons. The smallest absolute Gasteiger partial charge is 0.308 e. The fraction of sp³-hybridized carbons (Fsp3) is 0.714. The number of carbonyl (C=O) groups excluding carboxylic acids is 1. The first-order valence-electron chi connectivity index (χ1n) is 6.85. The minimum atomic E-state index is -0.107. The van der Waals surface area contributed by atoms with Crippen LogP contribution in [0, 0.1) is 5.92 Å². The fourth-order valence-electron chi connectivity index (χ4n) is 2.47. The molecular weight excluding hydrogens is 262 g/mol. The topological polar surface area (TPSA) is 70.8 Å². The Balaban J connectivity index is 1.71. The third-order valence-corrected chi connectivity index (χ3v) is 3.57. The van der Waals surface area contributed by atoms with Gasteiger partial charge >= 0.3 is 5.97 Å². The zero-order valence-corrected chi connectivity index (χ0v) is 12.0. The third-order valence-electron chi connectivity index (χ3n) is 3.57. The zero-order chi connectivity index (χ0) is 14.4. The second-order valence-electron chi connectivity index (χ2n) is 5.03. The molecule has 0 N–H and O–H groups in total. The molecule has 0 bridgehead atoms. The average Bonchev–Trinajstić information content (AvgIpc) is 2.93. The van der Waals surface area contributed by atoms with Crippen LogP contribution in [0.25, 0.3) is 0 Å². The maximum absolute atomic E-state index is 11.4. The summed E-state index contributed by atoms with van der Waals surface area (Å²) < 4.78 is 20.6. The van der Waals surface area contributed by atoms with Crippen molar-refractivity contribution in [1.82, 2.24) is 5.16 Å². The van der Waals surface area contributed by atoms with Gasteiger partial charge in [-0.05, 0) is 25.7 Å². The van der Waals surface area contributed by atoms with Crippen LogP contribution in [0.15, 0.2) is 10.6 Å². The molecule has 0 aromatic carbocycles. The van der Waals surface area contributed by atoms with Crippen LogP contribution in [-0.4, -0.2) is 31.4 Å². The van der Waals surface area contributed by atoms with E-state index in [0.29, 0.717) is 19.0 Å². The predicted molar refractivity (Wildman–Crippen MR) is 69.8 cm³/mol. The Morgan fingerprint density at radius 3 is 2.70 bits per heavy atom.